The van der Waals surface area contributed by atoms with E-state index in [4.69, 9.17) is 4.74 Å². The van der Waals surface area contributed by atoms with Crippen LogP contribution in [0.1, 0.15) is 46.5 Å². The van der Waals surface area contributed by atoms with Crippen LogP contribution < -0.4 is 0 Å². The van der Waals surface area contributed by atoms with Gasteiger partial charge in [0, 0.05) is 5.41 Å². The van der Waals surface area contributed by atoms with Crippen molar-refractivity contribution in [2.75, 3.05) is 0 Å². The van der Waals surface area contributed by atoms with Crippen LogP contribution in [0.3, 0.4) is 0 Å². The van der Waals surface area contributed by atoms with Gasteiger partial charge in [-0.2, -0.15) is 0 Å². The topological polar surface area (TPSA) is 49.8 Å². The zero-order valence-corrected chi connectivity index (χ0v) is 14.9. The third kappa shape index (κ3) is 1.68. The molecule has 0 amide bonds. The first kappa shape index (κ1) is 15.3. The summed E-state index contributed by atoms with van der Waals surface area (Å²) in [5.41, 5.74) is 1.45. The maximum absolute atomic E-state index is 12.1. The second kappa shape index (κ2) is 4.62. The molecule has 5 rings (SSSR count). The van der Waals surface area contributed by atoms with E-state index in [0.29, 0.717) is 23.7 Å². The van der Waals surface area contributed by atoms with Crippen LogP contribution in [0.15, 0.2) is 23.8 Å². The maximum atomic E-state index is 12.1. The molecule has 3 nitrogen and oxygen atoms in total. The van der Waals surface area contributed by atoms with Gasteiger partial charge in [0.2, 0.25) is 0 Å². The standard InChI is InChI=1S/C21H28O3/c1-11(22)14-6-7-15-13-5-4-12-10-17(23)18-19(24-18)21(12,3)16(13)8-9-20(14,15)2/h4-5,10-11,13-16,18-19,22H,6-9H2,1-3H3/t11-,13+,14-,15+,16+,18+,19+,20-,21+/m1/s1. The van der Waals surface area contributed by atoms with Gasteiger partial charge in [-0.3, -0.25) is 4.79 Å². The van der Waals surface area contributed by atoms with Crippen LogP contribution in [-0.4, -0.2) is 29.2 Å². The fraction of sp³-hybridized carbons (Fsp3) is 0.762. The number of carbonyl (C=O) groups is 1. The summed E-state index contributed by atoms with van der Waals surface area (Å²) in [5.74, 6) is 2.38. The number of allylic oxidation sites excluding steroid dienone is 2. The van der Waals surface area contributed by atoms with E-state index >= 15 is 0 Å². The molecule has 0 aromatic rings. The van der Waals surface area contributed by atoms with E-state index < -0.39 is 0 Å². The van der Waals surface area contributed by atoms with Gasteiger partial charge in [0.15, 0.2) is 5.78 Å². The van der Waals surface area contributed by atoms with Crippen LogP contribution in [0.2, 0.25) is 0 Å². The zero-order valence-electron chi connectivity index (χ0n) is 14.9. The molecule has 1 N–H and O–H groups in total. The zero-order chi connectivity index (χ0) is 16.9. The van der Waals surface area contributed by atoms with Crippen molar-refractivity contribution < 1.29 is 14.6 Å². The van der Waals surface area contributed by atoms with Crippen LogP contribution in [0.25, 0.3) is 0 Å². The number of ketones is 1. The Hall–Kier alpha value is -0.930. The first-order valence-electron chi connectivity index (χ1n) is 9.65. The van der Waals surface area contributed by atoms with Gasteiger partial charge in [-0.05, 0) is 73.3 Å². The van der Waals surface area contributed by atoms with E-state index in [2.05, 4.69) is 26.0 Å². The number of hydrogen-bond acceptors (Lipinski definition) is 3. The minimum Gasteiger partial charge on any atom is -0.393 e. The van der Waals surface area contributed by atoms with Crippen LogP contribution in [0.4, 0.5) is 0 Å². The minimum absolute atomic E-state index is 0.00222. The third-order valence-corrected chi connectivity index (χ3v) is 8.54. The molecule has 24 heavy (non-hydrogen) atoms. The van der Waals surface area contributed by atoms with Gasteiger partial charge in [-0.15, -0.1) is 0 Å². The van der Waals surface area contributed by atoms with Crippen molar-refractivity contribution in [1.82, 2.24) is 0 Å². The summed E-state index contributed by atoms with van der Waals surface area (Å²) in [5, 5.41) is 10.3. The van der Waals surface area contributed by atoms with Crippen molar-refractivity contribution in [3.05, 3.63) is 23.8 Å². The summed E-state index contributed by atoms with van der Waals surface area (Å²) in [6.45, 7) is 6.72. The molecule has 1 heterocycles. The molecule has 0 bridgehead atoms. The number of epoxide rings is 1. The Bertz CT molecular complexity index is 662. The summed E-state index contributed by atoms with van der Waals surface area (Å²) in [7, 11) is 0. The van der Waals surface area contributed by atoms with Crippen molar-refractivity contribution in [3.8, 4) is 0 Å². The van der Waals surface area contributed by atoms with Gasteiger partial charge < -0.3 is 9.84 Å². The van der Waals surface area contributed by atoms with Gasteiger partial charge in [0.25, 0.3) is 0 Å². The van der Waals surface area contributed by atoms with Crippen LogP contribution in [0, 0.1) is 34.5 Å². The first-order chi connectivity index (χ1) is 11.4. The summed E-state index contributed by atoms with van der Waals surface area (Å²) in [6, 6.07) is 0. The van der Waals surface area contributed by atoms with Gasteiger partial charge in [0.05, 0.1) is 6.10 Å². The van der Waals surface area contributed by atoms with E-state index in [1.54, 1.807) is 0 Å². The normalized spacial score (nSPS) is 55.8. The number of rotatable bonds is 1. The largest absolute Gasteiger partial charge is 0.393 e. The molecule has 4 aliphatic carbocycles. The lowest BCUT2D eigenvalue weighted by molar-refractivity contribution is -0.116. The number of ether oxygens (including phenoxy) is 1. The number of fused-ring (bicyclic) bond motifs is 7. The fourth-order valence-corrected chi connectivity index (χ4v) is 7.20. The first-order valence-corrected chi connectivity index (χ1v) is 9.65. The highest BCUT2D eigenvalue weighted by atomic mass is 16.6. The molecular formula is C21H28O3. The number of aliphatic hydroxyl groups is 1. The Labute approximate surface area is 144 Å². The van der Waals surface area contributed by atoms with Crippen molar-refractivity contribution in [1.29, 1.82) is 0 Å². The Morgan fingerprint density at radius 2 is 2.04 bits per heavy atom. The molecule has 0 spiro atoms. The predicted octanol–water partition coefficient (Wildman–Crippen LogP) is 3.28. The molecule has 3 fully saturated rings. The molecule has 0 aromatic carbocycles. The number of aliphatic hydroxyl groups excluding tert-OH is 1. The average Bonchev–Trinajstić information content (AvgIpc) is 3.26. The summed E-state index contributed by atoms with van der Waals surface area (Å²) >= 11 is 0. The lowest BCUT2D eigenvalue weighted by atomic mass is 9.48. The molecule has 0 aromatic heterocycles. The highest BCUT2D eigenvalue weighted by Crippen LogP contribution is 2.67. The molecule has 0 radical (unpaired) electrons. The molecule has 2 saturated carbocycles. The Morgan fingerprint density at radius 1 is 1.25 bits per heavy atom. The highest BCUT2D eigenvalue weighted by Gasteiger charge is 2.66. The van der Waals surface area contributed by atoms with E-state index in [1.165, 1.54) is 24.8 Å². The average molecular weight is 328 g/mol. The molecule has 9 atom stereocenters. The third-order valence-electron chi connectivity index (χ3n) is 8.54. The van der Waals surface area contributed by atoms with E-state index in [0.717, 1.165) is 6.42 Å². The number of carbonyl (C=O) groups excluding carboxylic acids is 1. The molecule has 1 aliphatic heterocycles. The second-order valence-electron chi connectivity index (χ2n) is 9.38. The summed E-state index contributed by atoms with van der Waals surface area (Å²) in [6.07, 6.45) is 10.9. The van der Waals surface area contributed by atoms with Gasteiger partial charge in [-0.1, -0.05) is 26.0 Å². The number of hydrogen-bond donors (Lipinski definition) is 1. The van der Waals surface area contributed by atoms with Gasteiger partial charge in [0.1, 0.15) is 12.2 Å². The molecular weight excluding hydrogens is 300 g/mol. The Morgan fingerprint density at radius 3 is 2.79 bits per heavy atom. The van der Waals surface area contributed by atoms with Crippen molar-refractivity contribution in [3.63, 3.8) is 0 Å². The van der Waals surface area contributed by atoms with Crippen LogP contribution >= 0.6 is 0 Å². The van der Waals surface area contributed by atoms with Crippen molar-refractivity contribution in [2.24, 2.45) is 34.5 Å². The van der Waals surface area contributed by atoms with E-state index in [1.807, 2.05) is 13.0 Å². The molecule has 1 saturated heterocycles. The Balaban J connectivity index is 1.55. The van der Waals surface area contributed by atoms with Crippen LogP contribution in [0.5, 0.6) is 0 Å². The van der Waals surface area contributed by atoms with Crippen LogP contribution in [-0.2, 0) is 9.53 Å². The lowest BCUT2D eigenvalue weighted by Gasteiger charge is -2.55. The monoisotopic (exact) mass is 328 g/mol. The second-order valence-corrected chi connectivity index (χ2v) is 9.38. The highest BCUT2D eigenvalue weighted by molar-refractivity contribution is 5.98. The molecule has 0 unspecified atom stereocenters. The summed E-state index contributed by atoms with van der Waals surface area (Å²) in [4.78, 5) is 12.1. The minimum atomic E-state index is -0.210. The maximum Gasteiger partial charge on any atom is 0.187 e. The molecule has 130 valence electrons. The smallest absolute Gasteiger partial charge is 0.187 e. The van der Waals surface area contributed by atoms with Gasteiger partial charge in [-0.25, -0.2) is 0 Å². The van der Waals surface area contributed by atoms with Crippen molar-refractivity contribution in [2.45, 2.75) is 64.8 Å². The summed E-state index contributed by atoms with van der Waals surface area (Å²) < 4.78 is 5.83. The van der Waals surface area contributed by atoms with Crippen molar-refractivity contribution >= 4 is 5.78 Å². The predicted molar refractivity (Wildman–Crippen MR) is 91.2 cm³/mol. The molecule has 3 heteroatoms. The van der Waals surface area contributed by atoms with Gasteiger partial charge >= 0.3 is 0 Å². The van der Waals surface area contributed by atoms with E-state index in [-0.39, 0.29) is 34.9 Å². The SMILES string of the molecule is C[C@@H](O)[C@H]1CC[C@H]2[C@@H]3C=CC4=CC(=O)[C@@H]5O[C@@H]5[C@]4(C)[C@H]3CC[C@]12C. The molecule has 5 aliphatic rings. The fourth-order valence-electron chi connectivity index (χ4n) is 7.20. The van der Waals surface area contributed by atoms with E-state index in [9.17, 15) is 9.90 Å². The Kier molecular flexibility index (Phi) is 2.95. The quantitative estimate of drug-likeness (QED) is 0.752. The lowest BCUT2D eigenvalue weighted by Crippen LogP contribution is -2.52.